The van der Waals surface area contributed by atoms with Gasteiger partial charge in [-0.1, -0.05) is 0 Å². The number of sulfonamides is 1. The number of thiophene rings is 1. The fourth-order valence-electron chi connectivity index (χ4n) is 3.21. The second-order valence-corrected chi connectivity index (χ2v) is 9.40. The molecule has 2 saturated heterocycles. The minimum atomic E-state index is -3.31. The quantitative estimate of drug-likeness (QED) is 0.879. The topological polar surface area (TPSA) is 49.4 Å². The van der Waals surface area contributed by atoms with Crippen LogP contribution >= 0.6 is 27.3 Å². The van der Waals surface area contributed by atoms with Gasteiger partial charge in [0, 0.05) is 23.6 Å². The largest absolute Gasteiger partial charge is 0.314 e. The first-order chi connectivity index (χ1) is 9.59. The second-order valence-electron chi connectivity index (χ2n) is 5.50. The molecule has 2 aliphatic rings. The highest BCUT2D eigenvalue weighted by molar-refractivity contribution is 9.10. The normalized spacial score (nSPS) is 26.1. The summed E-state index contributed by atoms with van der Waals surface area (Å²) in [5, 5.41) is 5.35. The van der Waals surface area contributed by atoms with Crippen molar-refractivity contribution in [2.45, 2.75) is 35.9 Å². The van der Waals surface area contributed by atoms with Crippen LogP contribution in [0.3, 0.4) is 0 Å². The van der Waals surface area contributed by atoms with E-state index >= 15 is 0 Å². The Morgan fingerprint density at radius 2 is 2.05 bits per heavy atom. The zero-order valence-electron chi connectivity index (χ0n) is 11.2. The van der Waals surface area contributed by atoms with Gasteiger partial charge in [-0.3, -0.25) is 0 Å². The SMILES string of the molecule is O=S(=O)(c1sccc1Br)N1CCC(C2CCCN2)CC1. The predicted octanol–water partition coefficient (Wildman–Crippen LogP) is 2.66. The number of piperidine rings is 1. The molecule has 0 amide bonds. The monoisotopic (exact) mass is 378 g/mol. The van der Waals surface area contributed by atoms with Crippen LogP contribution < -0.4 is 5.32 Å². The van der Waals surface area contributed by atoms with Crippen LogP contribution in [0.1, 0.15) is 25.7 Å². The van der Waals surface area contributed by atoms with Crippen molar-refractivity contribution in [1.82, 2.24) is 9.62 Å². The summed E-state index contributed by atoms with van der Waals surface area (Å²) < 4.78 is 27.9. The third kappa shape index (κ3) is 2.83. The first-order valence-corrected chi connectivity index (χ1v) is 10.2. The number of rotatable bonds is 3. The van der Waals surface area contributed by atoms with E-state index in [9.17, 15) is 8.42 Å². The van der Waals surface area contributed by atoms with Gasteiger partial charge in [-0.25, -0.2) is 8.42 Å². The molecule has 2 fully saturated rings. The van der Waals surface area contributed by atoms with Crippen molar-refractivity contribution in [2.75, 3.05) is 19.6 Å². The molecule has 1 atom stereocenters. The molecule has 3 heterocycles. The molecule has 4 nitrogen and oxygen atoms in total. The highest BCUT2D eigenvalue weighted by Crippen LogP contribution is 2.33. The summed E-state index contributed by atoms with van der Waals surface area (Å²) in [6, 6.07) is 2.40. The van der Waals surface area contributed by atoms with Crippen molar-refractivity contribution in [2.24, 2.45) is 5.92 Å². The third-order valence-corrected chi connectivity index (χ3v) is 8.87. The van der Waals surface area contributed by atoms with Crippen LogP contribution in [-0.2, 0) is 10.0 Å². The Kier molecular flexibility index (Phi) is 4.52. The summed E-state index contributed by atoms with van der Waals surface area (Å²) in [5.41, 5.74) is 0. The third-order valence-electron chi connectivity index (χ3n) is 4.32. The van der Waals surface area contributed by atoms with Crippen LogP contribution in [0.25, 0.3) is 0 Å². The van der Waals surface area contributed by atoms with Gasteiger partial charge in [0.05, 0.1) is 0 Å². The van der Waals surface area contributed by atoms with Crippen molar-refractivity contribution in [3.8, 4) is 0 Å². The number of halogens is 1. The Labute approximate surface area is 132 Å². The van der Waals surface area contributed by atoms with E-state index in [1.165, 1.54) is 24.2 Å². The number of hydrogen-bond acceptors (Lipinski definition) is 4. The van der Waals surface area contributed by atoms with E-state index in [0.29, 0.717) is 33.7 Å². The standard InChI is InChI=1S/C13H19BrN2O2S2/c14-11-5-9-19-13(11)20(17,18)16-7-3-10(4-8-16)12-2-1-6-15-12/h5,9-10,12,15H,1-4,6-8H2. The van der Waals surface area contributed by atoms with Gasteiger partial charge in [0.1, 0.15) is 4.21 Å². The first-order valence-electron chi connectivity index (χ1n) is 7.05. The summed E-state index contributed by atoms with van der Waals surface area (Å²) in [4.78, 5) is 0. The van der Waals surface area contributed by atoms with Crippen molar-refractivity contribution >= 4 is 37.3 Å². The minimum absolute atomic E-state index is 0.440. The van der Waals surface area contributed by atoms with Crippen LogP contribution in [0.5, 0.6) is 0 Å². The maximum Gasteiger partial charge on any atom is 0.253 e. The van der Waals surface area contributed by atoms with Gasteiger partial charge in [-0.15, -0.1) is 11.3 Å². The molecule has 0 bridgehead atoms. The van der Waals surface area contributed by atoms with E-state index in [0.717, 1.165) is 19.4 Å². The van der Waals surface area contributed by atoms with Crippen LogP contribution in [0.15, 0.2) is 20.1 Å². The summed E-state index contributed by atoms with van der Waals surface area (Å²) in [6.45, 7) is 2.41. The zero-order valence-corrected chi connectivity index (χ0v) is 14.4. The lowest BCUT2D eigenvalue weighted by atomic mass is 9.89. The van der Waals surface area contributed by atoms with Gasteiger partial charge < -0.3 is 5.32 Å². The summed E-state index contributed by atoms with van der Waals surface area (Å²) in [6.07, 6.45) is 4.44. The average Bonchev–Trinajstić information content (AvgIpc) is 3.10. The number of nitrogens with zero attached hydrogens (tertiary/aromatic N) is 1. The molecule has 1 aromatic rings. The van der Waals surface area contributed by atoms with E-state index in [4.69, 9.17) is 0 Å². The van der Waals surface area contributed by atoms with Crippen LogP contribution in [0.2, 0.25) is 0 Å². The van der Waals surface area contributed by atoms with Gasteiger partial charge in [0.2, 0.25) is 0 Å². The number of nitrogens with one attached hydrogen (secondary N) is 1. The molecule has 112 valence electrons. The van der Waals surface area contributed by atoms with Crippen LogP contribution in [-0.4, -0.2) is 38.4 Å². The maximum absolute atomic E-state index is 12.6. The summed E-state index contributed by atoms with van der Waals surface area (Å²) in [5.74, 6) is 0.635. The Morgan fingerprint density at radius 1 is 1.30 bits per heavy atom. The minimum Gasteiger partial charge on any atom is -0.314 e. The van der Waals surface area contributed by atoms with Gasteiger partial charge in [-0.05, 0) is 65.5 Å². The second kappa shape index (κ2) is 6.04. The Morgan fingerprint density at radius 3 is 2.60 bits per heavy atom. The van der Waals surface area contributed by atoms with Crippen molar-refractivity contribution in [1.29, 1.82) is 0 Å². The molecule has 3 rings (SSSR count). The fraction of sp³-hybridized carbons (Fsp3) is 0.692. The smallest absolute Gasteiger partial charge is 0.253 e. The predicted molar refractivity (Wildman–Crippen MR) is 84.5 cm³/mol. The molecule has 1 unspecified atom stereocenters. The molecule has 0 radical (unpaired) electrons. The van der Waals surface area contributed by atoms with E-state index in [1.807, 2.05) is 5.38 Å². The van der Waals surface area contributed by atoms with Crippen molar-refractivity contribution in [3.05, 3.63) is 15.9 Å². The Bertz CT molecular complexity index is 559. The number of hydrogen-bond donors (Lipinski definition) is 1. The van der Waals surface area contributed by atoms with Crippen molar-refractivity contribution in [3.63, 3.8) is 0 Å². The zero-order chi connectivity index (χ0) is 14.2. The lowest BCUT2D eigenvalue weighted by Crippen LogP contribution is -2.43. The summed E-state index contributed by atoms with van der Waals surface area (Å²) >= 11 is 4.62. The molecule has 1 aromatic heterocycles. The lowest BCUT2D eigenvalue weighted by Gasteiger charge is -2.34. The molecule has 7 heteroatoms. The average molecular weight is 379 g/mol. The van der Waals surface area contributed by atoms with Crippen LogP contribution in [0.4, 0.5) is 0 Å². The van der Waals surface area contributed by atoms with Gasteiger partial charge in [0.25, 0.3) is 10.0 Å². The first kappa shape index (κ1) is 15.0. The van der Waals surface area contributed by atoms with Crippen LogP contribution in [0, 0.1) is 5.92 Å². The molecule has 0 spiro atoms. The molecular formula is C13H19BrN2O2S2. The molecule has 20 heavy (non-hydrogen) atoms. The fourth-order valence-corrected chi connectivity index (χ4v) is 7.13. The van der Waals surface area contributed by atoms with E-state index in [-0.39, 0.29) is 0 Å². The molecule has 1 N–H and O–H groups in total. The highest BCUT2D eigenvalue weighted by atomic mass is 79.9. The molecule has 0 aliphatic carbocycles. The van der Waals surface area contributed by atoms with E-state index < -0.39 is 10.0 Å². The molecule has 2 aliphatic heterocycles. The van der Waals surface area contributed by atoms with E-state index in [2.05, 4.69) is 21.2 Å². The Hall–Kier alpha value is 0.0500. The molecule has 0 aromatic carbocycles. The molecule has 0 saturated carbocycles. The van der Waals surface area contributed by atoms with Gasteiger partial charge in [-0.2, -0.15) is 4.31 Å². The highest BCUT2D eigenvalue weighted by Gasteiger charge is 2.34. The summed E-state index contributed by atoms with van der Waals surface area (Å²) in [7, 11) is -3.31. The Balaban J connectivity index is 1.67. The van der Waals surface area contributed by atoms with Gasteiger partial charge in [0.15, 0.2) is 0 Å². The maximum atomic E-state index is 12.6. The van der Waals surface area contributed by atoms with E-state index in [1.54, 1.807) is 10.4 Å². The van der Waals surface area contributed by atoms with Crippen molar-refractivity contribution < 1.29 is 8.42 Å². The molecular weight excluding hydrogens is 360 g/mol. The lowest BCUT2D eigenvalue weighted by molar-refractivity contribution is 0.234. The van der Waals surface area contributed by atoms with Gasteiger partial charge >= 0.3 is 0 Å².